The van der Waals surface area contributed by atoms with E-state index in [4.69, 9.17) is 5.11 Å². The van der Waals surface area contributed by atoms with Gasteiger partial charge >= 0.3 is 0 Å². The lowest BCUT2D eigenvalue weighted by molar-refractivity contribution is 0.0946. The second-order valence-corrected chi connectivity index (χ2v) is 7.84. The molecule has 1 aliphatic heterocycles. The van der Waals surface area contributed by atoms with Crippen molar-refractivity contribution in [3.05, 3.63) is 47.3 Å². The van der Waals surface area contributed by atoms with Crippen molar-refractivity contribution < 1.29 is 9.90 Å². The van der Waals surface area contributed by atoms with Crippen molar-refractivity contribution in [2.75, 3.05) is 26.2 Å². The zero-order valence-corrected chi connectivity index (χ0v) is 16.8. The van der Waals surface area contributed by atoms with Crippen LogP contribution in [0.5, 0.6) is 0 Å². The minimum atomic E-state index is -0.238. The quantitative estimate of drug-likeness (QED) is 0.682. The number of nitrogens with zero attached hydrogens (tertiary/aromatic N) is 4. The van der Waals surface area contributed by atoms with Gasteiger partial charge in [-0.15, -0.1) is 5.10 Å². The molecule has 7 nitrogen and oxygen atoms in total. The summed E-state index contributed by atoms with van der Waals surface area (Å²) >= 11 is 0. The van der Waals surface area contributed by atoms with E-state index in [1.54, 1.807) is 6.20 Å². The molecule has 1 saturated heterocycles. The number of carbonyl (C=O) groups excluding carboxylic acids is 1. The standard InChI is InChI=1S/C21H31N5O2/c1-16(2)18-8-6-17(7-9-18)13-25-11-3-5-19(14-25)26-15-20(23-24-26)21(28)22-10-4-12-27/h6-9,15-16,19,27H,3-5,10-14H2,1-2H3,(H,22,28)/t19-/m0/s1. The average Bonchev–Trinajstić information content (AvgIpc) is 3.19. The highest BCUT2D eigenvalue weighted by molar-refractivity contribution is 5.91. The molecule has 152 valence electrons. The van der Waals surface area contributed by atoms with Crippen LogP contribution in [0.25, 0.3) is 0 Å². The molecule has 0 aliphatic carbocycles. The number of amides is 1. The molecule has 2 aromatic rings. The first-order valence-electron chi connectivity index (χ1n) is 10.2. The maximum absolute atomic E-state index is 12.1. The summed E-state index contributed by atoms with van der Waals surface area (Å²) in [5.74, 6) is 0.313. The first kappa shape index (κ1) is 20.5. The van der Waals surface area contributed by atoms with E-state index < -0.39 is 0 Å². The van der Waals surface area contributed by atoms with Crippen molar-refractivity contribution in [1.29, 1.82) is 0 Å². The molecule has 1 amide bonds. The second-order valence-electron chi connectivity index (χ2n) is 7.84. The van der Waals surface area contributed by atoms with Crippen LogP contribution in [0.3, 0.4) is 0 Å². The summed E-state index contributed by atoms with van der Waals surface area (Å²) in [7, 11) is 0. The van der Waals surface area contributed by atoms with Gasteiger partial charge in [0.05, 0.1) is 12.2 Å². The fraction of sp³-hybridized carbons (Fsp3) is 0.571. The molecule has 0 spiro atoms. The Kier molecular flexibility index (Phi) is 7.17. The topological polar surface area (TPSA) is 83.3 Å². The Balaban J connectivity index is 1.56. The monoisotopic (exact) mass is 385 g/mol. The number of hydrogen-bond acceptors (Lipinski definition) is 5. The summed E-state index contributed by atoms with van der Waals surface area (Å²) in [6, 6.07) is 9.13. The van der Waals surface area contributed by atoms with Gasteiger partial charge in [0.2, 0.25) is 0 Å². The zero-order chi connectivity index (χ0) is 19.9. The Morgan fingerprint density at radius 1 is 1.32 bits per heavy atom. The van der Waals surface area contributed by atoms with Crippen molar-refractivity contribution in [2.45, 2.75) is 51.6 Å². The Labute approximate surface area is 166 Å². The lowest BCUT2D eigenvalue weighted by Gasteiger charge is -2.32. The number of aliphatic hydroxyl groups is 1. The second kappa shape index (κ2) is 9.80. The van der Waals surface area contributed by atoms with E-state index in [0.717, 1.165) is 32.5 Å². The van der Waals surface area contributed by atoms with E-state index in [9.17, 15) is 4.79 Å². The van der Waals surface area contributed by atoms with Crippen LogP contribution in [-0.2, 0) is 6.54 Å². The molecule has 0 bridgehead atoms. The Hall–Kier alpha value is -2.25. The highest BCUT2D eigenvalue weighted by atomic mass is 16.3. The number of piperidine rings is 1. The lowest BCUT2D eigenvalue weighted by atomic mass is 10.0. The number of hydrogen-bond donors (Lipinski definition) is 2. The predicted octanol–water partition coefficient (Wildman–Crippen LogP) is 2.35. The molecule has 1 aromatic heterocycles. The van der Waals surface area contributed by atoms with Crippen LogP contribution in [0.1, 0.15) is 66.7 Å². The molecule has 1 aromatic carbocycles. The summed E-state index contributed by atoms with van der Waals surface area (Å²) < 4.78 is 1.83. The normalized spacial score (nSPS) is 17.8. The molecule has 0 radical (unpaired) electrons. The first-order chi connectivity index (χ1) is 13.6. The zero-order valence-electron chi connectivity index (χ0n) is 16.8. The van der Waals surface area contributed by atoms with Crippen molar-refractivity contribution in [3.63, 3.8) is 0 Å². The van der Waals surface area contributed by atoms with Gasteiger partial charge in [0, 0.05) is 26.2 Å². The third-order valence-electron chi connectivity index (χ3n) is 5.27. The SMILES string of the molecule is CC(C)c1ccc(CN2CCC[C@H](n3cc(C(=O)NCCCO)nn3)C2)cc1. The molecular weight excluding hydrogens is 354 g/mol. The molecule has 0 unspecified atom stereocenters. The highest BCUT2D eigenvalue weighted by Crippen LogP contribution is 2.23. The van der Waals surface area contributed by atoms with Gasteiger partial charge in [0.1, 0.15) is 0 Å². The molecule has 2 N–H and O–H groups in total. The van der Waals surface area contributed by atoms with Crippen LogP contribution in [0.15, 0.2) is 30.5 Å². The van der Waals surface area contributed by atoms with Crippen LogP contribution >= 0.6 is 0 Å². The molecule has 2 heterocycles. The van der Waals surface area contributed by atoms with Gasteiger partial charge < -0.3 is 10.4 Å². The van der Waals surface area contributed by atoms with Gasteiger partial charge in [-0.25, -0.2) is 4.68 Å². The largest absolute Gasteiger partial charge is 0.396 e. The summed E-state index contributed by atoms with van der Waals surface area (Å²) in [5, 5.41) is 19.8. The van der Waals surface area contributed by atoms with Crippen molar-refractivity contribution in [1.82, 2.24) is 25.2 Å². The average molecular weight is 386 g/mol. The fourth-order valence-corrected chi connectivity index (χ4v) is 3.59. The molecule has 1 atom stereocenters. The van der Waals surface area contributed by atoms with E-state index in [2.05, 4.69) is 58.6 Å². The number of rotatable bonds is 8. The predicted molar refractivity (Wildman–Crippen MR) is 108 cm³/mol. The van der Waals surface area contributed by atoms with Crippen LogP contribution in [0.2, 0.25) is 0 Å². The van der Waals surface area contributed by atoms with Gasteiger partial charge in [-0.1, -0.05) is 43.3 Å². The maximum atomic E-state index is 12.1. The van der Waals surface area contributed by atoms with Gasteiger partial charge in [-0.3, -0.25) is 9.69 Å². The molecule has 28 heavy (non-hydrogen) atoms. The van der Waals surface area contributed by atoms with Crippen LogP contribution in [-0.4, -0.2) is 57.1 Å². The lowest BCUT2D eigenvalue weighted by Crippen LogP contribution is -2.36. The number of nitrogens with one attached hydrogen (secondary N) is 1. The molecule has 1 aliphatic rings. The summed E-state index contributed by atoms with van der Waals surface area (Å²) in [6.45, 7) is 7.83. The number of aliphatic hydroxyl groups excluding tert-OH is 1. The third kappa shape index (κ3) is 5.39. The van der Waals surface area contributed by atoms with E-state index in [1.807, 2.05) is 4.68 Å². The number of likely N-dealkylation sites (tertiary alicyclic amines) is 1. The smallest absolute Gasteiger partial charge is 0.273 e. The van der Waals surface area contributed by atoms with Crippen LogP contribution in [0, 0.1) is 0 Å². The fourth-order valence-electron chi connectivity index (χ4n) is 3.59. The van der Waals surface area contributed by atoms with E-state index in [1.165, 1.54) is 11.1 Å². The van der Waals surface area contributed by atoms with Crippen molar-refractivity contribution in [3.8, 4) is 0 Å². The van der Waals surface area contributed by atoms with Gasteiger partial charge in [-0.2, -0.15) is 0 Å². The Morgan fingerprint density at radius 3 is 2.82 bits per heavy atom. The Bertz CT molecular complexity index is 756. The first-order valence-corrected chi connectivity index (χ1v) is 10.2. The third-order valence-corrected chi connectivity index (χ3v) is 5.27. The minimum absolute atomic E-state index is 0.0606. The summed E-state index contributed by atoms with van der Waals surface area (Å²) in [6.07, 6.45) is 4.42. The van der Waals surface area contributed by atoms with Crippen molar-refractivity contribution in [2.24, 2.45) is 0 Å². The van der Waals surface area contributed by atoms with Gasteiger partial charge in [0.25, 0.3) is 5.91 Å². The Morgan fingerprint density at radius 2 is 2.11 bits per heavy atom. The van der Waals surface area contributed by atoms with Gasteiger partial charge in [-0.05, 0) is 42.9 Å². The molecule has 1 fully saturated rings. The number of benzene rings is 1. The minimum Gasteiger partial charge on any atom is -0.396 e. The van der Waals surface area contributed by atoms with E-state index in [0.29, 0.717) is 24.6 Å². The highest BCUT2D eigenvalue weighted by Gasteiger charge is 2.23. The summed E-state index contributed by atoms with van der Waals surface area (Å²) in [4.78, 5) is 14.5. The van der Waals surface area contributed by atoms with Crippen molar-refractivity contribution >= 4 is 5.91 Å². The summed E-state index contributed by atoms with van der Waals surface area (Å²) in [5.41, 5.74) is 3.03. The van der Waals surface area contributed by atoms with E-state index in [-0.39, 0.29) is 18.6 Å². The molecular formula is C21H31N5O2. The molecule has 0 saturated carbocycles. The van der Waals surface area contributed by atoms with Crippen LogP contribution < -0.4 is 5.32 Å². The van der Waals surface area contributed by atoms with Crippen LogP contribution in [0.4, 0.5) is 0 Å². The van der Waals surface area contributed by atoms with E-state index >= 15 is 0 Å². The maximum Gasteiger partial charge on any atom is 0.273 e. The van der Waals surface area contributed by atoms with Gasteiger partial charge in [0.15, 0.2) is 5.69 Å². The molecule has 7 heteroatoms. The number of carbonyl (C=O) groups is 1. The molecule has 3 rings (SSSR count). The number of aromatic nitrogens is 3.